The van der Waals surface area contributed by atoms with Crippen molar-refractivity contribution in [1.29, 1.82) is 0 Å². The predicted octanol–water partition coefficient (Wildman–Crippen LogP) is 2.52. The van der Waals surface area contributed by atoms with Crippen LogP contribution in [0, 0.1) is 0 Å². The van der Waals surface area contributed by atoms with E-state index in [-0.39, 0.29) is 30.4 Å². The molecular formula is C17H27ClF3N3O2S. The van der Waals surface area contributed by atoms with Crippen molar-refractivity contribution in [2.45, 2.75) is 43.3 Å². The lowest BCUT2D eigenvalue weighted by atomic mass is 9.87. The Balaban J connectivity index is 0.00000364. The van der Waals surface area contributed by atoms with Gasteiger partial charge < -0.3 is 5.32 Å². The highest BCUT2D eigenvalue weighted by atomic mass is 35.5. The third-order valence-corrected chi connectivity index (χ3v) is 5.90. The molecule has 0 bridgehead atoms. The lowest BCUT2D eigenvalue weighted by molar-refractivity contribution is -0.182. The van der Waals surface area contributed by atoms with Crippen LogP contribution in [0.25, 0.3) is 0 Å². The maximum Gasteiger partial charge on any atom is 0.405 e. The lowest BCUT2D eigenvalue weighted by Crippen LogP contribution is -2.57. The second-order valence-electron chi connectivity index (χ2n) is 7.44. The molecule has 10 heteroatoms. The molecule has 1 saturated heterocycles. The van der Waals surface area contributed by atoms with Crippen molar-refractivity contribution in [2.75, 3.05) is 32.7 Å². The van der Waals surface area contributed by atoms with Crippen molar-refractivity contribution in [1.82, 2.24) is 14.9 Å². The first-order chi connectivity index (χ1) is 11.9. The number of halogens is 4. The first kappa shape index (κ1) is 24.2. The van der Waals surface area contributed by atoms with E-state index in [0.29, 0.717) is 18.7 Å². The van der Waals surface area contributed by atoms with Gasteiger partial charge in [-0.3, -0.25) is 4.90 Å². The van der Waals surface area contributed by atoms with Gasteiger partial charge in [0, 0.05) is 32.7 Å². The minimum Gasteiger partial charge on any atom is -0.314 e. The van der Waals surface area contributed by atoms with E-state index in [1.807, 2.05) is 20.8 Å². The molecule has 1 aromatic carbocycles. The summed E-state index contributed by atoms with van der Waals surface area (Å²) in [5.74, 6) is 0. The van der Waals surface area contributed by atoms with Crippen LogP contribution in [0.5, 0.6) is 0 Å². The third-order valence-electron chi connectivity index (χ3n) is 4.42. The molecule has 1 unspecified atom stereocenters. The Bertz CT molecular complexity index is 715. The standard InChI is InChI=1S/C17H26F3N3O2S.ClH/c1-16(2,3)13-6-4-5-7-14(13)26(24,25)22-12-15(17(18,19)20)23-10-8-21-9-11-23;/h4-7,15,21-22H,8-12H2,1-3H3;1H. The van der Waals surface area contributed by atoms with Crippen LogP contribution in [0.1, 0.15) is 26.3 Å². The highest BCUT2D eigenvalue weighted by Gasteiger charge is 2.44. The van der Waals surface area contributed by atoms with Gasteiger partial charge in [0.1, 0.15) is 6.04 Å². The van der Waals surface area contributed by atoms with Crippen molar-refractivity contribution in [3.05, 3.63) is 29.8 Å². The highest BCUT2D eigenvalue weighted by Crippen LogP contribution is 2.29. The fourth-order valence-electron chi connectivity index (χ4n) is 3.03. The fraction of sp³-hybridized carbons (Fsp3) is 0.647. The highest BCUT2D eigenvalue weighted by molar-refractivity contribution is 7.89. The van der Waals surface area contributed by atoms with Gasteiger partial charge in [-0.2, -0.15) is 13.2 Å². The number of nitrogens with one attached hydrogen (secondary N) is 2. The Morgan fingerprint density at radius 3 is 2.22 bits per heavy atom. The van der Waals surface area contributed by atoms with Crippen LogP contribution in [-0.4, -0.2) is 58.3 Å². The predicted molar refractivity (Wildman–Crippen MR) is 102 cm³/mol. The second kappa shape index (κ2) is 9.09. The molecule has 27 heavy (non-hydrogen) atoms. The number of sulfonamides is 1. The molecule has 1 heterocycles. The molecule has 2 rings (SSSR count). The SMILES string of the molecule is CC(C)(C)c1ccccc1S(=O)(=O)NCC(N1CCNCC1)C(F)(F)F.Cl. The quantitative estimate of drug-likeness (QED) is 0.755. The summed E-state index contributed by atoms with van der Waals surface area (Å²) in [6, 6.07) is 4.56. The van der Waals surface area contributed by atoms with E-state index in [9.17, 15) is 21.6 Å². The van der Waals surface area contributed by atoms with E-state index < -0.39 is 34.2 Å². The molecule has 0 amide bonds. The molecule has 0 spiro atoms. The molecule has 1 aliphatic rings. The summed E-state index contributed by atoms with van der Waals surface area (Å²) in [4.78, 5) is 1.29. The van der Waals surface area contributed by atoms with Gasteiger partial charge in [0.05, 0.1) is 4.90 Å². The lowest BCUT2D eigenvalue weighted by Gasteiger charge is -2.36. The van der Waals surface area contributed by atoms with E-state index in [2.05, 4.69) is 10.0 Å². The van der Waals surface area contributed by atoms with E-state index in [4.69, 9.17) is 0 Å². The van der Waals surface area contributed by atoms with Gasteiger partial charge in [-0.15, -0.1) is 12.4 Å². The van der Waals surface area contributed by atoms with Crippen molar-refractivity contribution >= 4 is 22.4 Å². The van der Waals surface area contributed by atoms with Gasteiger partial charge in [-0.05, 0) is 17.0 Å². The molecule has 0 aromatic heterocycles. The number of benzene rings is 1. The molecular weight excluding hydrogens is 403 g/mol. The number of alkyl halides is 3. The third kappa shape index (κ3) is 6.32. The number of hydrogen-bond acceptors (Lipinski definition) is 4. The number of piperazine rings is 1. The molecule has 1 aromatic rings. The normalized spacial score (nSPS) is 18.0. The summed E-state index contributed by atoms with van der Waals surface area (Å²) < 4.78 is 68.0. The van der Waals surface area contributed by atoms with E-state index in [1.165, 1.54) is 11.0 Å². The summed E-state index contributed by atoms with van der Waals surface area (Å²) >= 11 is 0. The van der Waals surface area contributed by atoms with Gasteiger partial charge >= 0.3 is 6.18 Å². The zero-order chi connectivity index (χ0) is 19.6. The Hall–Kier alpha value is -0.870. The Morgan fingerprint density at radius 2 is 1.70 bits per heavy atom. The van der Waals surface area contributed by atoms with E-state index in [0.717, 1.165) is 0 Å². The maximum atomic E-state index is 13.5. The molecule has 0 saturated carbocycles. The van der Waals surface area contributed by atoms with Crippen molar-refractivity contribution in [2.24, 2.45) is 0 Å². The van der Waals surface area contributed by atoms with Crippen LogP contribution < -0.4 is 10.0 Å². The molecule has 2 N–H and O–H groups in total. The number of hydrogen-bond donors (Lipinski definition) is 2. The number of rotatable bonds is 5. The van der Waals surface area contributed by atoms with E-state index in [1.54, 1.807) is 18.2 Å². The summed E-state index contributed by atoms with van der Waals surface area (Å²) in [6.45, 7) is 6.24. The van der Waals surface area contributed by atoms with Crippen molar-refractivity contribution in [3.63, 3.8) is 0 Å². The summed E-state index contributed by atoms with van der Waals surface area (Å²) in [5.41, 5.74) is 0.117. The maximum absolute atomic E-state index is 13.5. The minimum atomic E-state index is -4.51. The first-order valence-corrected chi connectivity index (χ1v) is 10.0. The topological polar surface area (TPSA) is 61.4 Å². The molecule has 0 aliphatic carbocycles. The zero-order valence-corrected chi connectivity index (χ0v) is 17.3. The Morgan fingerprint density at radius 1 is 1.15 bits per heavy atom. The summed E-state index contributed by atoms with van der Waals surface area (Å²) in [7, 11) is -4.06. The van der Waals surface area contributed by atoms with Crippen LogP contribution in [0.4, 0.5) is 13.2 Å². The Kier molecular flexibility index (Phi) is 8.13. The molecule has 1 aliphatic heterocycles. The van der Waals surface area contributed by atoms with Crippen molar-refractivity contribution in [3.8, 4) is 0 Å². The second-order valence-corrected chi connectivity index (χ2v) is 9.18. The first-order valence-electron chi connectivity index (χ1n) is 8.53. The molecule has 5 nitrogen and oxygen atoms in total. The number of nitrogens with zero attached hydrogens (tertiary/aromatic N) is 1. The smallest absolute Gasteiger partial charge is 0.314 e. The van der Waals surface area contributed by atoms with Gasteiger partial charge in [0.15, 0.2) is 0 Å². The van der Waals surface area contributed by atoms with Crippen LogP contribution >= 0.6 is 12.4 Å². The average molecular weight is 430 g/mol. The van der Waals surface area contributed by atoms with Crippen LogP contribution in [-0.2, 0) is 15.4 Å². The largest absolute Gasteiger partial charge is 0.405 e. The molecule has 1 fully saturated rings. The monoisotopic (exact) mass is 429 g/mol. The average Bonchev–Trinajstić information content (AvgIpc) is 2.54. The Labute approximate surface area is 165 Å². The minimum absolute atomic E-state index is 0. The van der Waals surface area contributed by atoms with Gasteiger partial charge in [0.25, 0.3) is 0 Å². The van der Waals surface area contributed by atoms with E-state index >= 15 is 0 Å². The van der Waals surface area contributed by atoms with Crippen LogP contribution in [0.3, 0.4) is 0 Å². The summed E-state index contributed by atoms with van der Waals surface area (Å²) in [6.07, 6.45) is -4.51. The van der Waals surface area contributed by atoms with Crippen LogP contribution in [0.2, 0.25) is 0 Å². The molecule has 1 atom stereocenters. The van der Waals surface area contributed by atoms with Gasteiger partial charge in [0.2, 0.25) is 10.0 Å². The molecule has 0 radical (unpaired) electrons. The van der Waals surface area contributed by atoms with Gasteiger partial charge in [-0.25, -0.2) is 13.1 Å². The van der Waals surface area contributed by atoms with Gasteiger partial charge in [-0.1, -0.05) is 39.0 Å². The summed E-state index contributed by atoms with van der Waals surface area (Å²) in [5, 5.41) is 3.00. The van der Waals surface area contributed by atoms with Crippen molar-refractivity contribution < 1.29 is 21.6 Å². The fourth-order valence-corrected chi connectivity index (χ4v) is 4.49. The van der Waals surface area contributed by atoms with Crippen LogP contribution in [0.15, 0.2) is 29.2 Å². The molecule has 156 valence electrons. The zero-order valence-electron chi connectivity index (χ0n) is 15.6.